The Balaban J connectivity index is 1.49. The molecule has 11 nitrogen and oxygen atoms in total. The van der Waals surface area contributed by atoms with E-state index in [-0.39, 0.29) is 68.9 Å². The van der Waals surface area contributed by atoms with E-state index in [0.717, 1.165) is 17.9 Å². The predicted octanol–water partition coefficient (Wildman–Crippen LogP) is 0.363. The number of hydrogen-bond acceptors (Lipinski definition) is 7. The first-order valence-electron chi connectivity index (χ1n) is 11.9. The van der Waals surface area contributed by atoms with Crippen LogP contribution in [0.5, 0.6) is 0 Å². The van der Waals surface area contributed by atoms with Crippen LogP contribution in [0.3, 0.4) is 0 Å². The molecule has 0 saturated carbocycles. The van der Waals surface area contributed by atoms with Crippen molar-refractivity contribution in [1.29, 1.82) is 0 Å². The molecule has 2 aliphatic heterocycles. The summed E-state index contributed by atoms with van der Waals surface area (Å²) in [5.74, 6) is -1.63. The Bertz CT molecular complexity index is 760. The maximum Gasteiger partial charge on any atom is 0.334 e. The van der Waals surface area contributed by atoms with Gasteiger partial charge in [-0.15, -0.1) is 5.06 Å². The number of amides is 4. The molecule has 4 amide bonds. The summed E-state index contributed by atoms with van der Waals surface area (Å²) in [4.78, 5) is 66.4. The molecule has 2 aliphatic rings. The van der Waals surface area contributed by atoms with Crippen LogP contribution in [0.4, 0.5) is 0 Å². The number of carbonyl (C=O) groups excluding carboxylic acids is 5. The van der Waals surface area contributed by atoms with Crippen LogP contribution in [0.2, 0.25) is 0 Å². The van der Waals surface area contributed by atoms with Crippen LogP contribution < -0.4 is 16.0 Å². The van der Waals surface area contributed by atoms with Crippen LogP contribution >= 0.6 is 0 Å². The fourth-order valence-electron chi connectivity index (χ4n) is 4.01. The summed E-state index contributed by atoms with van der Waals surface area (Å²) in [6, 6.07) is 0.757. The van der Waals surface area contributed by atoms with Crippen molar-refractivity contribution in [2.75, 3.05) is 26.2 Å². The minimum atomic E-state index is -0.642. The first-order chi connectivity index (χ1) is 16.2. The van der Waals surface area contributed by atoms with Crippen molar-refractivity contribution in [3.63, 3.8) is 0 Å². The third kappa shape index (κ3) is 9.12. The molecule has 2 fully saturated rings. The van der Waals surface area contributed by atoms with Crippen LogP contribution in [-0.2, 0) is 28.8 Å². The Morgan fingerprint density at radius 3 is 1.94 bits per heavy atom. The van der Waals surface area contributed by atoms with Gasteiger partial charge < -0.3 is 20.8 Å². The van der Waals surface area contributed by atoms with Crippen LogP contribution in [0, 0.1) is 0 Å². The van der Waals surface area contributed by atoms with E-state index < -0.39 is 5.97 Å². The molecule has 3 N–H and O–H groups in total. The zero-order chi connectivity index (χ0) is 25.1. The standard InChI is InChI=1S/C23H37N5O6/c1-16-5-4-6-17(2)27(16)15-21(31)26-13-10-19(29)24-12-9-20(30)25-14-11-23(33)34-28-18(3)7-8-22(28)32/h16-17H,3-15H2,1-2H3,(H,24,29)(H,25,30)(H,26,31). The fraction of sp³-hybridized carbons (Fsp3) is 0.696. The van der Waals surface area contributed by atoms with Crippen LogP contribution in [0.15, 0.2) is 12.3 Å². The summed E-state index contributed by atoms with van der Waals surface area (Å²) < 4.78 is 0. The highest BCUT2D eigenvalue weighted by molar-refractivity contribution is 5.83. The first-order valence-corrected chi connectivity index (χ1v) is 11.9. The van der Waals surface area contributed by atoms with Crippen molar-refractivity contribution in [3.05, 3.63) is 12.3 Å². The number of rotatable bonds is 12. The van der Waals surface area contributed by atoms with Gasteiger partial charge in [-0.1, -0.05) is 13.0 Å². The molecule has 2 heterocycles. The van der Waals surface area contributed by atoms with Gasteiger partial charge in [-0.3, -0.25) is 24.1 Å². The lowest BCUT2D eigenvalue weighted by molar-refractivity contribution is -0.186. The lowest BCUT2D eigenvalue weighted by atomic mass is 9.97. The van der Waals surface area contributed by atoms with Crippen molar-refractivity contribution in [1.82, 2.24) is 25.9 Å². The molecule has 0 bridgehead atoms. The molecule has 34 heavy (non-hydrogen) atoms. The van der Waals surface area contributed by atoms with Crippen LogP contribution in [0.1, 0.15) is 65.2 Å². The highest BCUT2D eigenvalue weighted by Gasteiger charge is 2.28. The van der Waals surface area contributed by atoms with E-state index >= 15 is 0 Å². The third-order valence-corrected chi connectivity index (χ3v) is 6.04. The van der Waals surface area contributed by atoms with Gasteiger partial charge in [0.05, 0.1) is 18.7 Å². The zero-order valence-electron chi connectivity index (χ0n) is 20.2. The van der Waals surface area contributed by atoms with Crippen molar-refractivity contribution < 1.29 is 28.8 Å². The van der Waals surface area contributed by atoms with Crippen molar-refractivity contribution >= 4 is 29.6 Å². The SMILES string of the molecule is C=C1CCC(=O)N1OC(=O)CCNC(=O)CCNC(=O)CCNC(=O)CN1C(C)CCCC1C. The predicted molar refractivity (Wildman–Crippen MR) is 124 cm³/mol. The highest BCUT2D eigenvalue weighted by atomic mass is 16.7. The van der Waals surface area contributed by atoms with E-state index in [4.69, 9.17) is 4.84 Å². The van der Waals surface area contributed by atoms with Crippen molar-refractivity contribution in [3.8, 4) is 0 Å². The van der Waals surface area contributed by atoms with Gasteiger partial charge in [0.1, 0.15) is 0 Å². The lowest BCUT2D eigenvalue weighted by Crippen LogP contribution is -2.49. The van der Waals surface area contributed by atoms with Crippen molar-refractivity contribution in [2.45, 2.75) is 77.3 Å². The van der Waals surface area contributed by atoms with Crippen LogP contribution in [0.25, 0.3) is 0 Å². The summed E-state index contributed by atoms with van der Waals surface area (Å²) in [5, 5.41) is 8.87. The van der Waals surface area contributed by atoms with Gasteiger partial charge in [0.25, 0.3) is 5.91 Å². The van der Waals surface area contributed by atoms with E-state index in [1.807, 2.05) is 0 Å². The summed E-state index contributed by atoms with van der Waals surface area (Å²) in [6.07, 6.45) is 4.17. The molecule has 0 spiro atoms. The molecular weight excluding hydrogens is 442 g/mol. The molecule has 2 unspecified atom stereocenters. The first kappa shape index (κ1) is 27.3. The zero-order valence-corrected chi connectivity index (χ0v) is 20.2. The molecule has 2 atom stereocenters. The average Bonchev–Trinajstić information content (AvgIpc) is 3.08. The highest BCUT2D eigenvalue weighted by Crippen LogP contribution is 2.22. The maximum absolute atomic E-state index is 12.2. The van der Waals surface area contributed by atoms with E-state index in [9.17, 15) is 24.0 Å². The maximum atomic E-state index is 12.2. The third-order valence-electron chi connectivity index (χ3n) is 6.04. The van der Waals surface area contributed by atoms with E-state index in [1.165, 1.54) is 6.42 Å². The topological polar surface area (TPSA) is 137 Å². The molecule has 0 aromatic rings. The summed E-state index contributed by atoms with van der Waals surface area (Å²) in [6.45, 7) is 8.69. The summed E-state index contributed by atoms with van der Waals surface area (Å²) in [5.41, 5.74) is 0.434. The Kier molecular flexibility index (Phi) is 11.0. The second-order valence-corrected chi connectivity index (χ2v) is 8.82. The number of piperidine rings is 1. The van der Waals surface area contributed by atoms with Gasteiger partial charge >= 0.3 is 5.97 Å². The number of carbonyl (C=O) groups is 5. The lowest BCUT2D eigenvalue weighted by Gasteiger charge is -2.38. The molecule has 0 aromatic carbocycles. The largest absolute Gasteiger partial charge is 0.356 e. The molecule has 0 aliphatic carbocycles. The Hall–Kier alpha value is -2.95. The quantitative estimate of drug-likeness (QED) is 0.368. The van der Waals surface area contributed by atoms with E-state index in [1.54, 1.807) is 0 Å². The second-order valence-electron chi connectivity index (χ2n) is 8.82. The molecule has 2 rings (SSSR count). The number of allylic oxidation sites excluding steroid dienone is 1. The minimum Gasteiger partial charge on any atom is -0.356 e. The molecule has 0 aromatic heterocycles. The minimum absolute atomic E-state index is 0.0549. The van der Waals surface area contributed by atoms with Gasteiger partial charge in [0, 0.05) is 51.0 Å². The fourth-order valence-corrected chi connectivity index (χ4v) is 4.01. The summed E-state index contributed by atoms with van der Waals surface area (Å²) in [7, 11) is 0. The molecule has 2 saturated heterocycles. The van der Waals surface area contributed by atoms with Gasteiger partial charge in [0.15, 0.2) is 0 Å². The normalized spacial score (nSPS) is 20.7. The number of hydroxylamine groups is 2. The summed E-state index contributed by atoms with van der Waals surface area (Å²) >= 11 is 0. The molecule has 0 radical (unpaired) electrons. The van der Waals surface area contributed by atoms with E-state index in [0.29, 0.717) is 30.7 Å². The Labute approximate surface area is 200 Å². The van der Waals surface area contributed by atoms with Crippen LogP contribution in [-0.4, -0.2) is 77.8 Å². The average molecular weight is 480 g/mol. The molecular formula is C23H37N5O6. The number of hydrogen-bond donors (Lipinski definition) is 3. The molecule has 190 valence electrons. The smallest absolute Gasteiger partial charge is 0.334 e. The van der Waals surface area contributed by atoms with Crippen molar-refractivity contribution in [2.24, 2.45) is 0 Å². The van der Waals surface area contributed by atoms with Gasteiger partial charge in [-0.25, -0.2) is 4.79 Å². The Morgan fingerprint density at radius 2 is 1.41 bits per heavy atom. The number of likely N-dealkylation sites (tertiary alicyclic amines) is 1. The van der Waals surface area contributed by atoms with E-state index in [2.05, 4.69) is 41.3 Å². The molecule has 11 heteroatoms. The van der Waals surface area contributed by atoms with Gasteiger partial charge in [-0.2, -0.15) is 0 Å². The number of nitrogens with zero attached hydrogens (tertiary/aromatic N) is 2. The van der Waals surface area contributed by atoms with Gasteiger partial charge in [0.2, 0.25) is 17.7 Å². The monoisotopic (exact) mass is 479 g/mol. The van der Waals surface area contributed by atoms with Gasteiger partial charge in [-0.05, 0) is 33.1 Å². The second kappa shape index (κ2) is 13.7. The Morgan fingerprint density at radius 1 is 0.882 bits per heavy atom. The number of nitrogens with one attached hydrogen (secondary N) is 3.